The Morgan fingerprint density at radius 3 is 2.47 bits per heavy atom. The molecule has 2 aromatic rings. The lowest BCUT2D eigenvalue weighted by atomic mass is 10.1. The van der Waals surface area contributed by atoms with Gasteiger partial charge in [0.05, 0.1) is 17.4 Å². The molecule has 1 aromatic heterocycles. The van der Waals surface area contributed by atoms with Crippen molar-refractivity contribution >= 4 is 11.6 Å². The third-order valence-corrected chi connectivity index (χ3v) is 3.13. The van der Waals surface area contributed by atoms with Crippen molar-refractivity contribution in [3.8, 4) is 0 Å². The van der Waals surface area contributed by atoms with Crippen molar-refractivity contribution in [3.05, 3.63) is 46.8 Å². The number of aromatic amines is 1. The Morgan fingerprint density at radius 1 is 1.32 bits per heavy atom. The van der Waals surface area contributed by atoms with Crippen LogP contribution in [0.5, 0.6) is 0 Å². The van der Waals surface area contributed by atoms with Crippen molar-refractivity contribution in [2.45, 2.75) is 26.8 Å². The van der Waals surface area contributed by atoms with Gasteiger partial charge >= 0.3 is 0 Å². The number of nitrogens with zero attached hydrogens (tertiary/aromatic N) is 1. The molecule has 5 heteroatoms. The lowest BCUT2D eigenvalue weighted by Gasteiger charge is -2.13. The number of aryl methyl sites for hydroxylation is 2. The van der Waals surface area contributed by atoms with E-state index in [0.29, 0.717) is 11.4 Å². The highest BCUT2D eigenvalue weighted by Gasteiger charge is 2.17. The Bertz CT molecular complexity index is 586. The van der Waals surface area contributed by atoms with E-state index in [-0.39, 0.29) is 17.6 Å². The van der Waals surface area contributed by atoms with Crippen LogP contribution in [0.4, 0.5) is 5.69 Å². The maximum absolute atomic E-state index is 12.1. The number of amides is 1. The molecular formula is C14H18N4O. The number of nitrogens with two attached hydrogens (primary N) is 1. The maximum atomic E-state index is 12.1. The van der Waals surface area contributed by atoms with Gasteiger partial charge < -0.3 is 11.1 Å². The highest BCUT2D eigenvalue weighted by atomic mass is 16.2. The summed E-state index contributed by atoms with van der Waals surface area (Å²) in [6.45, 7) is 5.74. The van der Waals surface area contributed by atoms with E-state index in [1.54, 1.807) is 6.92 Å². The van der Waals surface area contributed by atoms with E-state index >= 15 is 0 Å². The minimum Gasteiger partial charge on any atom is -0.395 e. The summed E-state index contributed by atoms with van der Waals surface area (Å²) in [5.74, 6) is -0.269. The van der Waals surface area contributed by atoms with Gasteiger partial charge in [0.2, 0.25) is 0 Å². The van der Waals surface area contributed by atoms with Crippen LogP contribution in [0.3, 0.4) is 0 Å². The maximum Gasteiger partial charge on any atom is 0.274 e. The molecule has 0 spiro atoms. The number of aromatic nitrogens is 2. The minimum absolute atomic E-state index is 0.0930. The molecule has 0 saturated heterocycles. The van der Waals surface area contributed by atoms with Gasteiger partial charge in [0.1, 0.15) is 0 Å². The topological polar surface area (TPSA) is 83.8 Å². The van der Waals surface area contributed by atoms with E-state index in [1.165, 1.54) is 5.56 Å². The van der Waals surface area contributed by atoms with Gasteiger partial charge in [-0.15, -0.1) is 0 Å². The van der Waals surface area contributed by atoms with Gasteiger partial charge in [-0.3, -0.25) is 9.89 Å². The molecule has 19 heavy (non-hydrogen) atoms. The first-order chi connectivity index (χ1) is 8.99. The van der Waals surface area contributed by atoms with Gasteiger partial charge in [0, 0.05) is 0 Å². The molecular weight excluding hydrogens is 240 g/mol. The smallest absolute Gasteiger partial charge is 0.274 e. The fourth-order valence-corrected chi connectivity index (χ4v) is 1.81. The van der Waals surface area contributed by atoms with E-state index in [1.807, 2.05) is 38.1 Å². The number of carbonyl (C=O) groups excluding carboxylic acids is 1. The summed E-state index contributed by atoms with van der Waals surface area (Å²) in [5, 5.41) is 9.50. The summed E-state index contributed by atoms with van der Waals surface area (Å²) >= 11 is 0. The van der Waals surface area contributed by atoms with Crippen molar-refractivity contribution in [2.24, 2.45) is 0 Å². The Hall–Kier alpha value is -2.30. The number of nitrogens with one attached hydrogen (secondary N) is 2. The van der Waals surface area contributed by atoms with Crippen LogP contribution < -0.4 is 11.1 Å². The molecule has 1 amide bonds. The van der Waals surface area contributed by atoms with Gasteiger partial charge in [0.15, 0.2) is 5.69 Å². The Balaban J connectivity index is 2.10. The second-order valence-corrected chi connectivity index (χ2v) is 4.72. The first-order valence-corrected chi connectivity index (χ1v) is 6.17. The van der Waals surface area contributed by atoms with Gasteiger partial charge in [-0.05, 0) is 26.3 Å². The number of anilines is 1. The number of hydrogen-bond acceptors (Lipinski definition) is 3. The Morgan fingerprint density at radius 2 is 1.95 bits per heavy atom. The Kier molecular flexibility index (Phi) is 3.55. The molecule has 5 nitrogen and oxygen atoms in total. The molecule has 0 fully saturated rings. The monoisotopic (exact) mass is 258 g/mol. The van der Waals surface area contributed by atoms with E-state index in [4.69, 9.17) is 5.73 Å². The summed E-state index contributed by atoms with van der Waals surface area (Å²) in [5.41, 5.74) is 9.36. The molecule has 0 bridgehead atoms. The number of benzene rings is 1. The fraction of sp³-hybridized carbons (Fsp3) is 0.286. The van der Waals surface area contributed by atoms with Crippen LogP contribution in [-0.4, -0.2) is 16.1 Å². The highest BCUT2D eigenvalue weighted by Crippen LogP contribution is 2.16. The normalized spacial score (nSPS) is 12.2. The summed E-state index contributed by atoms with van der Waals surface area (Å²) in [6, 6.07) is 7.94. The van der Waals surface area contributed by atoms with Gasteiger partial charge in [0.25, 0.3) is 5.91 Å². The van der Waals surface area contributed by atoms with Gasteiger partial charge in [-0.25, -0.2) is 0 Å². The van der Waals surface area contributed by atoms with Crippen LogP contribution >= 0.6 is 0 Å². The largest absolute Gasteiger partial charge is 0.395 e. The quantitative estimate of drug-likeness (QED) is 0.788. The lowest BCUT2D eigenvalue weighted by molar-refractivity contribution is 0.0935. The lowest BCUT2D eigenvalue weighted by Crippen LogP contribution is -2.27. The fourth-order valence-electron chi connectivity index (χ4n) is 1.81. The minimum atomic E-state index is -0.269. The number of rotatable bonds is 3. The number of hydrogen-bond donors (Lipinski definition) is 3. The number of H-pyrrole nitrogens is 1. The SMILES string of the molecule is Cc1ccc(C(C)NC(=O)c2n[nH]c(C)c2N)cc1. The van der Waals surface area contributed by atoms with Crippen LogP contribution in [0.15, 0.2) is 24.3 Å². The third-order valence-electron chi connectivity index (χ3n) is 3.13. The molecule has 0 aliphatic rings. The van der Waals surface area contributed by atoms with Crippen LogP contribution in [0.25, 0.3) is 0 Å². The molecule has 0 saturated carbocycles. The average molecular weight is 258 g/mol. The molecule has 1 atom stereocenters. The van der Waals surface area contributed by atoms with Crippen molar-refractivity contribution < 1.29 is 4.79 Å². The molecule has 1 heterocycles. The second kappa shape index (κ2) is 5.14. The first kappa shape index (κ1) is 13.1. The molecule has 0 aliphatic carbocycles. The molecule has 0 aliphatic heterocycles. The van der Waals surface area contributed by atoms with Crippen LogP contribution in [0, 0.1) is 13.8 Å². The Labute approximate surface area is 112 Å². The zero-order valence-electron chi connectivity index (χ0n) is 11.3. The average Bonchev–Trinajstić information content (AvgIpc) is 2.70. The highest BCUT2D eigenvalue weighted by molar-refractivity contribution is 5.97. The van der Waals surface area contributed by atoms with E-state index < -0.39 is 0 Å². The van der Waals surface area contributed by atoms with Crippen LogP contribution in [-0.2, 0) is 0 Å². The van der Waals surface area contributed by atoms with E-state index in [2.05, 4.69) is 15.5 Å². The number of carbonyl (C=O) groups is 1. The predicted molar refractivity (Wildman–Crippen MR) is 74.8 cm³/mol. The summed E-state index contributed by atoms with van der Waals surface area (Å²) in [7, 11) is 0. The zero-order chi connectivity index (χ0) is 14.0. The molecule has 2 rings (SSSR count). The third kappa shape index (κ3) is 2.76. The van der Waals surface area contributed by atoms with Crippen LogP contribution in [0.2, 0.25) is 0 Å². The van der Waals surface area contributed by atoms with Gasteiger partial charge in [-0.2, -0.15) is 5.10 Å². The molecule has 0 radical (unpaired) electrons. The predicted octanol–water partition coefficient (Wildman–Crippen LogP) is 2.10. The van der Waals surface area contributed by atoms with Crippen molar-refractivity contribution in [3.63, 3.8) is 0 Å². The summed E-state index contributed by atoms with van der Waals surface area (Å²) < 4.78 is 0. The molecule has 4 N–H and O–H groups in total. The van der Waals surface area contributed by atoms with E-state index in [0.717, 1.165) is 5.56 Å². The van der Waals surface area contributed by atoms with Gasteiger partial charge in [-0.1, -0.05) is 29.8 Å². The molecule has 1 aromatic carbocycles. The first-order valence-electron chi connectivity index (χ1n) is 6.17. The van der Waals surface area contributed by atoms with Crippen molar-refractivity contribution in [2.75, 3.05) is 5.73 Å². The van der Waals surface area contributed by atoms with Crippen LogP contribution in [0.1, 0.15) is 40.3 Å². The molecule has 1 unspecified atom stereocenters. The number of nitrogen functional groups attached to an aromatic ring is 1. The zero-order valence-corrected chi connectivity index (χ0v) is 11.3. The summed E-state index contributed by atoms with van der Waals surface area (Å²) in [4.78, 5) is 12.1. The van der Waals surface area contributed by atoms with E-state index in [9.17, 15) is 4.79 Å². The molecule has 100 valence electrons. The second-order valence-electron chi connectivity index (χ2n) is 4.72. The van der Waals surface area contributed by atoms with Crippen molar-refractivity contribution in [1.82, 2.24) is 15.5 Å². The summed E-state index contributed by atoms with van der Waals surface area (Å²) in [6.07, 6.45) is 0. The standard InChI is InChI=1S/C14H18N4O/c1-8-4-6-11(7-5-8)9(2)16-14(19)13-12(15)10(3)17-18-13/h4-7,9H,15H2,1-3H3,(H,16,19)(H,17,18). The van der Waals surface area contributed by atoms with Crippen molar-refractivity contribution in [1.29, 1.82) is 0 Å².